The van der Waals surface area contributed by atoms with E-state index < -0.39 is 0 Å². The van der Waals surface area contributed by atoms with Crippen LogP contribution in [0.25, 0.3) is 0 Å². The molecule has 0 unspecified atom stereocenters. The van der Waals surface area contributed by atoms with Crippen LogP contribution in [0.15, 0.2) is 48.5 Å². The number of nitrogens with zero attached hydrogens (tertiary/aromatic N) is 1. The number of carbonyl (C=O) groups excluding carboxylic acids is 1. The van der Waals surface area contributed by atoms with Gasteiger partial charge in [0.2, 0.25) is 0 Å². The molecule has 0 aliphatic heterocycles. The van der Waals surface area contributed by atoms with Gasteiger partial charge in [-0.15, -0.1) is 0 Å². The van der Waals surface area contributed by atoms with Gasteiger partial charge in [-0.3, -0.25) is 0 Å². The van der Waals surface area contributed by atoms with E-state index in [0.717, 1.165) is 23.2 Å². The SMILES string of the molecule is CCc1ccc(CN(C)C(=O)Nc2cccc(C)c2)cc1. The molecule has 0 aromatic heterocycles. The second kappa shape index (κ2) is 6.93. The molecule has 0 radical (unpaired) electrons. The van der Waals surface area contributed by atoms with Crippen LogP contribution in [0, 0.1) is 6.92 Å². The van der Waals surface area contributed by atoms with Gasteiger partial charge in [0.15, 0.2) is 0 Å². The first kappa shape index (κ1) is 15.1. The molecule has 0 bridgehead atoms. The third kappa shape index (κ3) is 4.35. The molecule has 3 nitrogen and oxygen atoms in total. The summed E-state index contributed by atoms with van der Waals surface area (Å²) in [6.07, 6.45) is 1.03. The molecular formula is C18H22N2O. The van der Waals surface area contributed by atoms with Crippen LogP contribution in [0.4, 0.5) is 10.5 Å². The van der Waals surface area contributed by atoms with E-state index in [-0.39, 0.29) is 6.03 Å². The number of amides is 2. The molecule has 2 aromatic carbocycles. The normalized spacial score (nSPS) is 10.2. The van der Waals surface area contributed by atoms with Crippen LogP contribution in [0.3, 0.4) is 0 Å². The van der Waals surface area contributed by atoms with E-state index in [2.05, 4.69) is 36.5 Å². The van der Waals surface area contributed by atoms with Crippen LogP contribution in [-0.4, -0.2) is 18.0 Å². The quantitative estimate of drug-likeness (QED) is 0.894. The lowest BCUT2D eigenvalue weighted by molar-refractivity contribution is 0.220. The van der Waals surface area contributed by atoms with Crippen molar-refractivity contribution in [2.24, 2.45) is 0 Å². The number of rotatable bonds is 4. The Morgan fingerprint density at radius 2 is 1.76 bits per heavy atom. The van der Waals surface area contributed by atoms with E-state index >= 15 is 0 Å². The first-order chi connectivity index (χ1) is 10.1. The van der Waals surface area contributed by atoms with Gasteiger partial charge in [0, 0.05) is 19.3 Å². The maximum absolute atomic E-state index is 12.2. The number of hydrogen-bond donors (Lipinski definition) is 1. The maximum Gasteiger partial charge on any atom is 0.321 e. The number of carbonyl (C=O) groups is 1. The molecule has 21 heavy (non-hydrogen) atoms. The molecule has 2 rings (SSSR count). The highest BCUT2D eigenvalue weighted by Gasteiger charge is 2.09. The van der Waals surface area contributed by atoms with Crippen molar-refractivity contribution in [3.63, 3.8) is 0 Å². The number of anilines is 1. The van der Waals surface area contributed by atoms with Gasteiger partial charge in [-0.05, 0) is 42.2 Å². The summed E-state index contributed by atoms with van der Waals surface area (Å²) >= 11 is 0. The van der Waals surface area contributed by atoms with Crippen molar-refractivity contribution in [2.45, 2.75) is 26.8 Å². The minimum atomic E-state index is -0.0971. The third-order valence-corrected chi connectivity index (χ3v) is 3.47. The van der Waals surface area contributed by atoms with Crippen molar-refractivity contribution in [2.75, 3.05) is 12.4 Å². The predicted molar refractivity (Wildman–Crippen MR) is 87.5 cm³/mol. The average Bonchev–Trinajstić information content (AvgIpc) is 2.48. The molecule has 0 aliphatic rings. The van der Waals surface area contributed by atoms with Gasteiger partial charge in [0.1, 0.15) is 0 Å². The summed E-state index contributed by atoms with van der Waals surface area (Å²) in [6, 6.07) is 16.1. The molecule has 0 saturated carbocycles. The lowest BCUT2D eigenvalue weighted by Crippen LogP contribution is -2.30. The fourth-order valence-electron chi connectivity index (χ4n) is 2.17. The molecular weight excluding hydrogens is 260 g/mol. The largest absolute Gasteiger partial charge is 0.323 e. The van der Waals surface area contributed by atoms with Crippen molar-refractivity contribution in [1.29, 1.82) is 0 Å². The Morgan fingerprint density at radius 1 is 1.10 bits per heavy atom. The number of hydrogen-bond acceptors (Lipinski definition) is 1. The van der Waals surface area contributed by atoms with E-state index in [1.54, 1.807) is 11.9 Å². The molecule has 1 N–H and O–H groups in total. The highest BCUT2D eigenvalue weighted by atomic mass is 16.2. The number of benzene rings is 2. The van der Waals surface area contributed by atoms with Crippen LogP contribution in [0.1, 0.15) is 23.6 Å². The van der Waals surface area contributed by atoms with Gasteiger partial charge in [-0.25, -0.2) is 4.79 Å². The maximum atomic E-state index is 12.2. The Labute approximate surface area is 126 Å². The van der Waals surface area contributed by atoms with Crippen LogP contribution in [0.2, 0.25) is 0 Å². The van der Waals surface area contributed by atoms with Crippen molar-refractivity contribution in [3.8, 4) is 0 Å². The summed E-state index contributed by atoms with van der Waals surface area (Å²) in [5.41, 5.74) is 4.40. The van der Waals surface area contributed by atoms with E-state index in [9.17, 15) is 4.79 Å². The lowest BCUT2D eigenvalue weighted by atomic mass is 10.1. The Kier molecular flexibility index (Phi) is 4.99. The van der Waals surface area contributed by atoms with Crippen molar-refractivity contribution < 1.29 is 4.79 Å². The van der Waals surface area contributed by atoms with E-state index in [1.807, 2.05) is 31.2 Å². The molecule has 2 amide bonds. The molecule has 0 aliphatic carbocycles. The minimum Gasteiger partial charge on any atom is -0.323 e. The lowest BCUT2D eigenvalue weighted by Gasteiger charge is -2.18. The van der Waals surface area contributed by atoms with Gasteiger partial charge < -0.3 is 10.2 Å². The average molecular weight is 282 g/mol. The topological polar surface area (TPSA) is 32.3 Å². The summed E-state index contributed by atoms with van der Waals surface area (Å²) in [6.45, 7) is 4.74. The molecule has 0 fully saturated rings. The molecule has 110 valence electrons. The third-order valence-electron chi connectivity index (χ3n) is 3.47. The monoisotopic (exact) mass is 282 g/mol. The van der Waals surface area contributed by atoms with Crippen LogP contribution < -0.4 is 5.32 Å². The Balaban J connectivity index is 1.95. The summed E-state index contributed by atoms with van der Waals surface area (Å²) in [4.78, 5) is 13.8. The fourth-order valence-corrected chi connectivity index (χ4v) is 2.17. The zero-order valence-electron chi connectivity index (χ0n) is 12.9. The van der Waals surface area contributed by atoms with Gasteiger partial charge >= 0.3 is 6.03 Å². The van der Waals surface area contributed by atoms with Crippen molar-refractivity contribution in [1.82, 2.24) is 4.90 Å². The first-order valence-corrected chi connectivity index (χ1v) is 7.25. The van der Waals surface area contributed by atoms with Gasteiger partial charge in [0.05, 0.1) is 0 Å². The van der Waals surface area contributed by atoms with Gasteiger partial charge in [0.25, 0.3) is 0 Å². The summed E-state index contributed by atoms with van der Waals surface area (Å²) in [7, 11) is 1.80. The Morgan fingerprint density at radius 3 is 2.38 bits per heavy atom. The van der Waals surface area contributed by atoms with E-state index in [4.69, 9.17) is 0 Å². The molecule has 2 aromatic rings. The Bertz CT molecular complexity index is 605. The predicted octanol–water partition coefficient (Wildman–Crippen LogP) is 4.22. The second-order valence-corrected chi connectivity index (χ2v) is 5.33. The minimum absolute atomic E-state index is 0.0971. The fraction of sp³-hybridized carbons (Fsp3) is 0.278. The molecule has 0 saturated heterocycles. The molecule has 3 heteroatoms. The number of urea groups is 1. The highest BCUT2D eigenvalue weighted by molar-refractivity contribution is 5.89. The van der Waals surface area contributed by atoms with E-state index in [1.165, 1.54) is 5.56 Å². The van der Waals surface area contributed by atoms with Crippen molar-refractivity contribution >= 4 is 11.7 Å². The summed E-state index contributed by atoms with van der Waals surface area (Å²) < 4.78 is 0. The molecule has 0 spiro atoms. The number of nitrogens with one attached hydrogen (secondary N) is 1. The Hall–Kier alpha value is -2.29. The summed E-state index contributed by atoms with van der Waals surface area (Å²) in [5, 5.41) is 2.91. The standard InChI is InChI=1S/C18H22N2O/c1-4-15-8-10-16(11-9-15)13-20(3)18(21)19-17-7-5-6-14(2)12-17/h5-12H,4,13H2,1-3H3,(H,19,21). The van der Waals surface area contributed by atoms with Crippen molar-refractivity contribution in [3.05, 3.63) is 65.2 Å². The molecule has 0 heterocycles. The number of aryl methyl sites for hydroxylation is 2. The second-order valence-electron chi connectivity index (χ2n) is 5.33. The van der Waals surface area contributed by atoms with E-state index in [0.29, 0.717) is 6.54 Å². The zero-order valence-corrected chi connectivity index (χ0v) is 12.9. The first-order valence-electron chi connectivity index (χ1n) is 7.25. The summed E-state index contributed by atoms with van der Waals surface area (Å²) in [5.74, 6) is 0. The molecule has 0 atom stereocenters. The smallest absolute Gasteiger partial charge is 0.321 e. The van der Waals surface area contributed by atoms with Crippen LogP contribution in [0.5, 0.6) is 0 Å². The zero-order chi connectivity index (χ0) is 15.2. The van der Waals surface area contributed by atoms with Gasteiger partial charge in [-0.2, -0.15) is 0 Å². The van der Waals surface area contributed by atoms with Gasteiger partial charge in [-0.1, -0.05) is 43.3 Å². The van der Waals surface area contributed by atoms with Crippen LogP contribution in [-0.2, 0) is 13.0 Å². The van der Waals surface area contributed by atoms with Crippen LogP contribution >= 0.6 is 0 Å². The highest BCUT2D eigenvalue weighted by Crippen LogP contribution is 2.12.